The number of rotatable bonds is 6. The number of phenols is 1. The number of aromatic hydroxyl groups is 1. The van der Waals surface area contributed by atoms with Crippen molar-refractivity contribution in [3.05, 3.63) is 70.6 Å². The molecule has 2 amide bonds. The molecule has 0 radical (unpaired) electrons. The van der Waals surface area contributed by atoms with Crippen LogP contribution >= 0.6 is 24.0 Å². The fourth-order valence-corrected chi connectivity index (χ4v) is 4.19. The Morgan fingerprint density at radius 1 is 1.21 bits per heavy atom. The maximum Gasteiger partial charge on any atom is 0.266 e. The van der Waals surface area contributed by atoms with Crippen LogP contribution in [0.15, 0.2) is 59.5 Å². The molecular weight excluding hydrogens is 392 g/mol. The van der Waals surface area contributed by atoms with Crippen LogP contribution in [0.1, 0.15) is 18.1 Å². The van der Waals surface area contributed by atoms with Gasteiger partial charge in [0.25, 0.3) is 5.91 Å². The van der Waals surface area contributed by atoms with Crippen molar-refractivity contribution < 1.29 is 14.7 Å². The Morgan fingerprint density at radius 2 is 1.89 bits per heavy atom. The van der Waals surface area contributed by atoms with Crippen molar-refractivity contribution in [2.24, 2.45) is 0 Å². The molecule has 1 heterocycles. The molecule has 5 nitrogen and oxygen atoms in total. The molecule has 3 rings (SSSR count). The number of thioether (sulfide) groups is 1. The first-order valence-electron chi connectivity index (χ1n) is 8.83. The lowest BCUT2D eigenvalue weighted by atomic mass is 10.1. The van der Waals surface area contributed by atoms with E-state index in [4.69, 9.17) is 12.2 Å². The molecule has 144 valence electrons. The lowest BCUT2D eigenvalue weighted by Gasteiger charge is -2.22. The molecule has 0 spiro atoms. The van der Waals surface area contributed by atoms with Crippen LogP contribution in [0.4, 0.5) is 0 Å². The van der Waals surface area contributed by atoms with Crippen molar-refractivity contribution in [3.63, 3.8) is 0 Å². The zero-order valence-electron chi connectivity index (χ0n) is 15.3. The summed E-state index contributed by atoms with van der Waals surface area (Å²) in [4.78, 5) is 27.1. The van der Waals surface area contributed by atoms with E-state index in [1.807, 2.05) is 30.3 Å². The number of hydrogen-bond donors (Lipinski definition) is 2. The van der Waals surface area contributed by atoms with Crippen LogP contribution in [0, 0.1) is 0 Å². The molecule has 2 aromatic rings. The van der Waals surface area contributed by atoms with E-state index in [0.717, 1.165) is 11.1 Å². The van der Waals surface area contributed by atoms with Gasteiger partial charge in [-0.3, -0.25) is 14.5 Å². The highest BCUT2D eigenvalue weighted by molar-refractivity contribution is 8.26. The third-order valence-electron chi connectivity index (χ3n) is 4.34. The lowest BCUT2D eigenvalue weighted by molar-refractivity contribution is -0.132. The van der Waals surface area contributed by atoms with Gasteiger partial charge >= 0.3 is 0 Å². The molecular formula is C21H20N2O3S2. The van der Waals surface area contributed by atoms with Gasteiger partial charge in [-0.2, -0.15) is 0 Å². The van der Waals surface area contributed by atoms with Crippen molar-refractivity contribution >= 4 is 46.2 Å². The Bertz CT molecular complexity index is 911. The smallest absolute Gasteiger partial charge is 0.266 e. The summed E-state index contributed by atoms with van der Waals surface area (Å²) in [6.07, 6.45) is 2.42. The topological polar surface area (TPSA) is 69.6 Å². The fraction of sp³-hybridized carbons (Fsp3) is 0.190. The third-order valence-corrected chi connectivity index (χ3v) is 5.67. The normalized spacial score (nSPS) is 16.5. The minimum Gasteiger partial charge on any atom is -0.508 e. The molecule has 2 N–H and O–H groups in total. The van der Waals surface area contributed by atoms with Gasteiger partial charge in [-0.15, -0.1) is 0 Å². The first-order chi connectivity index (χ1) is 13.5. The van der Waals surface area contributed by atoms with Gasteiger partial charge in [0.05, 0.1) is 4.91 Å². The number of benzene rings is 2. The number of hydrogen-bond acceptors (Lipinski definition) is 5. The van der Waals surface area contributed by atoms with E-state index >= 15 is 0 Å². The molecule has 2 aromatic carbocycles. The predicted molar refractivity (Wildman–Crippen MR) is 116 cm³/mol. The van der Waals surface area contributed by atoms with Gasteiger partial charge in [0.15, 0.2) is 0 Å². The first kappa shape index (κ1) is 20.1. The molecule has 0 unspecified atom stereocenters. The number of phenolic OH excluding ortho intramolecular Hbond substituents is 1. The van der Waals surface area contributed by atoms with Crippen LogP contribution in [-0.2, 0) is 16.0 Å². The first-order valence-corrected chi connectivity index (χ1v) is 10.1. The summed E-state index contributed by atoms with van der Waals surface area (Å²) in [7, 11) is 0. The number of nitrogens with one attached hydrogen (secondary N) is 1. The number of nitrogens with zero attached hydrogens (tertiary/aromatic N) is 1. The molecule has 1 aliphatic rings. The fourth-order valence-electron chi connectivity index (χ4n) is 2.77. The molecule has 0 saturated carbocycles. The minimum atomic E-state index is -0.686. The van der Waals surface area contributed by atoms with Crippen LogP contribution in [-0.4, -0.2) is 38.7 Å². The second-order valence-corrected chi connectivity index (χ2v) is 8.02. The number of amides is 2. The molecule has 0 aliphatic carbocycles. The highest BCUT2D eigenvalue weighted by atomic mass is 32.2. The molecule has 1 saturated heterocycles. The molecule has 7 heteroatoms. The Hall–Kier alpha value is -2.64. The van der Waals surface area contributed by atoms with Gasteiger partial charge in [0.1, 0.15) is 16.1 Å². The average Bonchev–Trinajstić information content (AvgIpc) is 2.96. The predicted octanol–water partition coefficient (Wildman–Crippen LogP) is 3.34. The average molecular weight is 413 g/mol. The van der Waals surface area contributed by atoms with E-state index < -0.39 is 6.04 Å². The number of thiocarbonyl (C=S) groups is 1. The van der Waals surface area contributed by atoms with Crippen molar-refractivity contribution in [1.82, 2.24) is 10.2 Å². The zero-order chi connectivity index (χ0) is 20.1. The summed E-state index contributed by atoms with van der Waals surface area (Å²) in [6, 6.07) is 15.7. The monoisotopic (exact) mass is 412 g/mol. The quantitative estimate of drug-likeness (QED) is 0.563. The maximum atomic E-state index is 12.7. The summed E-state index contributed by atoms with van der Waals surface area (Å²) >= 11 is 6.54. The zero-order valence-corrected chi connectivity index (χ0v) is 16.9. The van der Waals surface area contributed by atoms with Crippen molar-refractivity contribution in [3.8, 4) is 5.75 Å². The maximum absolute atomic E-state index is 12.7. The van der Waals surface area contributed by atoms with E-state index in [1.54, 1.807) is 37.3 Å². The third kappa shape index (κ3) is 4.79. The highest BCUT2D eigenvalue weighted by Gasteiger charge is 2.38. The highest BCUT2D eigenvalue weighted by Crippen LogP contribution is 2.33. The van der Waals surface area contributed by atoms with Gasteiger partial charge in [0, 0.05) is 6.54 Å². The van der Waals surface area contributed by atoms with Crippen LogP contribution in [0.3, 0.4) is 0 Å². The van der Waals surface area contributed by atoms with E-state index in [-0.39, 0.29) is 17.6 Å². The second kappa shape index (κ2) is 9.03. The van der Waals surface area contributed by atoms with E-state index in [1.165, 1.54) is 16.7 Å². The summed E-state index contributed by atoms with van der Waals surface area (Å²) in [5.74, 6) is -0.296. The minimum absolute atomic E-state index is 0.208. The van der Waals surface area contributed by atoms with Crippen molar-refractivity contribution in [2.75, 3.05) is 6.54 Å². The molecule has 0 aromatic heterocycles. The molecule has 1 aliphatic heterocycles. The number of carbonyl (C=O) groups is 2. The molecule has 28 heavy (non-hydrogen) atoms. The van der Waals surface area contributed by atoms with E-state index in [2.05, 4.69) is 5.32 Å². The van der Waals surface area contributed by atoms with Crippen LogP contribution < -0.4 is 5.32 Å². The number of carbonyl (C=O) groups excluding carboxylic acids is 2. The van der Waals surface area contributed by atoms with Crippen LogP contribution in [0.25, 0.3) is 6.08 Å². The Morgan fingerprint density at radius 3 is 2.57 bits per heavy atom. The Labute approximate surface area is 173 Å². The summed E-state index contributed by atoms with van der Waals surface area (Å²) < 4.78 is 0.383. The second-order valence-electron chi connectivity index (χ2n) is 6.35. The Balaban J connectivity index is 1.59. The largest absolute Gasteiger partial charge is 0.508 e. The summed E-state index contributed by atoms with van der Waals surface area (Å²) in [5, 5.41) is 12.1. The van der Waals surface area contributed by atoms with Gasteiger partial charge in [-0.1, -0.05) is 66.4 Å². The van der Waals surface area contributed by atoms with Gasteiger partial charge in [-0.05, 0) is 42.7 Å². The van der Waals surface area contributed by atoms with E-state index in [9.17, 15) is 14.7 Å². The molecule has 0 bridgehead atoms. The van der Waals surface area contributed by atoms with Gasteiger partial charge in [-0.25, -0.2) is 0 Å². The standard InChI is InChI=1S/C21H20N2O3S2/c1-14(19(25)22-12-11-15-7-9-17(24)10-8-15)23-20(26)18(28-21(23)27)13-16-5-3-2-4-6-16/h2-10,13-14,24H,11-12H2,1H3,(H,22,25)/b18-13-/t14-/m1/s1. The van der Waals surface area contributed by atoms with Gasteiger partial charge < -0.3 is 10.4 Å². The van der Waals surface area contributed by atoms with Crippen LogP contribution in [0.2, 0.25) is 0 Å². The Kier molecular flexibility index (Phi) is 6.49. The van der Waals surface area contributed by atoms with Crippen molar-refractivity contribution in [2.45, 2.75) is 19.4 Å². The van der Waals surface area contributed by atoms with Crippen molar-refractivity contribution in [1.29, 1.82) is 0 Å². The van der Waals surface area contributed by atoms with Gasteiger partial charge in [0.2, 0.25) is 5.91 Å². The lowest BCUT2D eigenvalue weighted by Crippen LogP contribution is -2.47. The molecule has 1 atom stereocenters. The van der Waals surface area contributed by atoms with E-state index in [0.29, 0.717) is 22.2 Å². The SMILES string of the molecule is C[C@H](C(=O)NCCc1ccc(O)cc1)N1C(=O)/C(=C/c2ccccc2)SC1=S. The van der Waals surface area contributed by atoms with Crippen LogP contribution in [0.5, 0.6) is 5.75 Å². The summed E-state index contributed by atoms with van der Waals surface area (Å²) in [5.41, 5.74) is 1.91. The summed E-state index contributed by atoms with van der Waals surface area (Å²) in [6.45, 7) is 2.11. The molecule has 1 fully saturated rings.